The minimum Gasteiger partial charge on any atom is -0.378 e. The molecule has 1 atom stereocenters. The summed E-state index contributed by atoms with van der Waals surface area (Å²) in [6, 6.07) is 0. The van der Waals surface area contributed by atoms with Crippen LogP contribution in [0.25, 0.3) is 0 Å². The third-order valence-corrected chi connectivity index (χ3v) is 6.06. The summed E-state index contributed by atoms with van der Waals surface area (Å²) in [6.07, 6.45) is 11.1. The molecule has 1 N–H and O–H groups in total. The molecule has 2 heterocycles. The monoisotopic (exact) mass is 282 g/mol. The van der Waals surface area contributed by atoms with Gasteiger partial charge in [0, 0.05) is 25.4 Å². The first-order valence-electron chi connectivity index (χ1n) is 7.89. The molecule has 0 radical (unpaired) electrons. The van der Waals surface area contributed by atoms with Crippen LogP contribution in [0.4, 0.5) is 0 Å². The van der Waals surface area contributed by atoms with Crippen molar-refractivity contribution in [3.8, 4) is 0 Å². The predicted molar refractivity (Wildman–Crippen MR) is 81.9 cm³/mol. The quantitative estimate of drug-likeness (QED) is 0.863. The molecule has 4 heteroatoms. The molecule has 1 aliphatic carbocycles. The van der Waals surface area contributed by atoms with Gasteiger partial charge in [0.25, 0.3) is 0 Å². The van der Waals surface area contributed by atoms with E-state index in [0.717, 1.165) is 26.1 Å². The highest BCUT2D eigenvalue weighted by atomic mass is 32.2. The first-order chi connectivity index (χ1) is 9.36. The molecular formula is C15H26N2OS. The average molecular weight is 282 g/mol. The van der Waals surface area contributed by atoms with E-state index in [-0.39, 0.29) is 0 Å². The van der Waals surface area contributed by atoms with Crippen molar-refractivity contribution >= 4 is 16.9 Å². The first kappa shape index (κ1) is 13.7. The number of amidine groups is 1. The number of hydrogen-bond acceptors (Lipinski definition) is 4. The van der Waals surface area contributed by atoms with E-state index in [0.29, 0.717) is 11.5 Å². The van der Waals surface area contributed by atoms with Gasteiger partial charge in [-0.25, -0.2) is 0 Å². The van der Waals surface area contributed by atoms with Crippen LogP contribution in [0.1, 0.15) is 51.4 Å². The van der Waals surface area contributed by atoms with Crippen LogP contribution in [0.5, 0.6) is 0 Å². The Bertz CT molecular complexity index is 320. The summed E-state index contributed by atoms with van der Waals surface area (Å²) < 4.78 is 5.76. The van der Waals surface area contributed by atoms with Gasteiger partial charge in [0.1, 0.15) is 0 Å². The molecule has 2 aliphatic heterocycles. The predicted octanol–water partition coefficient (Wildman–Crippen LogP) is 3.20. The average Bonchev–Trinajstić information content (AvgIpc) is 2.91. The smallest absolute Gasteiger partial charge is 0.156 e. The minimum absolute atomic E-state index is 0.483. The van der Waals surface area contributed by atoms with Gasteiger partial charge in [-0.3, -0.25) is 4.99 Å². The highest BCUT2D eigenvalue weighted by Crippen LogP contribution is 2.43. The molecule has 0 aromatic carbocycles. The maximum absolute atomic E-state index is 5.76. The summed E-state index contributed by atoms with van der Waals surface area (Å²) in [5.41, 5.74) is 0.558. The summed E-state index contributed by atoms with van der Waals surface area (Å²) in [5.74, 6) is 1.28. The third kappa shape index (κ3) is 3.66. The maximum atomic E-state index is 5.76. The van der Waals surface area contributed by atoms with Crippen molar-refractivity contribution < 1.29 is 4.74 Å². The van der Waals surface area contributed by atoms with Crippen LogP contribution in [0.3, 0.4) is 0 Å². The van der Waals surface area contributed by atoms with Crippen LogP contribution in [0.15, 0.2) is 4.99 Å². The SMILES string of the molecule is C1CCC(CCNC2=NCC3(CCCC3)CS2)OC1. The molecule has 3 aliphatic rings. The van der Waals surface area contributed by atoms with E-state index in [4.69, 9.17) is 9.73 Å². The second kappa shape index (κ2) is 6.49. The van der Waals surface area contributed by atoms with Crippen molar-refractivity contribution in [1.82, 2.24) is 5.32 Å². The Kier molecular flexibility index (Phi) is 4.69. The Balaban J connectivity index is 1.37. The highest BCUT2D eigenvalue weighted by Gasteiger charge is 2.36. The highest BCUT2D eigenvalue weighted by molar-refractivity contribution is 8.13. The van der Waals surface area contributed by atoms with E-state index >= 15 is 0 Å². The van der Waals surface area contributed by atoms with Crippen molar-refractivity contribution in [3.63, 3.8) is 0 Å². The zero-order chi connectivity index (χ0) is 13.0. The van der Waals surface area contributed by atoms with Crippen LogP contribution in [0, 0.1) is 5.41 Å². The van der Waals surface area contributed by atoms with Crippen molar-refractivity contribution in [2.24, 2.45) is 10.4 Å². The van der Waals surface area contributed by atoms with E-state index in [1.807, 2.05) is 11.8 Å². The summed E-state index contributed by atoms with van der Waals surface area (Å²) >= 11 is 1.94. The van der Waals surface area contributed by atoms with Gasteiger partial charge in [-0.15, -0.1) is 0 Å². The minimum atomic E-state index is 0.483. The van der Waals surface area contributed by atoms with Gasteiger partial charge >= 0.3 is 0 Å². The molecular weight excluding hydrogens is 256 g/mol. The zero-order valence-electron chi connectivity index (χ0n) is 11.8. The van der Waals surface area contributed by atoms with Crippen LogP contribution in [-0.2, 0) is 4.74 Å². The number of ether oxygens (including phenoxy) is 1. The Morgan fingerprint density at radius 1 is 1.26 bits per heavy atom. The fraction of sp³-hybridized carbons (Fsp3) is 0.933. The van der Waals surface area contributed by atoms with E-state index < -0.39 is 0 Å². The number of aliphatic imine (C=N–C) groups is 1. The number of hydrogen-bond donors (Lipinski definition) is 1. The maximum Gasteiger partial charge on any atom is 0.156 e. The lowest BCUT2D eigenvalue weighted by molar-refractivity contribution is 0.0122. The molecule has 2 fully saturated rings. The van der Waals surface area contributed by atoms with E-state index in [1.54, 1.807) is 0 Å². The summed E-state index contributed by atoms with van der Waals surface area (Å²) in [7, 11) is 0. The van der Waals surface area contributed by atoms with E-state index in [9.17, 15) is 0 Å². The molecule has 0 aromatic heterocycles. The molecule has 3 nitrogen and oxygen atoms in total. The van der Waals surface area contributed by atoms with Crippen LogP contribution >= 0.6 is 11.8 Å². The van der Waals surface area contributed by atoms with Crippen molar-refractivity contribution in [2.45, 2.75) is 57.5 Å². The molecule has 1 unspecified atom stereocenters. The molecule has 0 aromatic rings. The zero-order valence-corrected chi connectivity index (χ0v) is 12.6. The number of thioether (sulfide) groups is 1. The summed E-state index contributed by atoms with van der Waals surface area (Å²) in [4.78, 5) is 4.78. The number of rotatable bonds is 3. The molecule has 108 valence electrons. The van der Waals surface area contributed by atoms with E-state index in [1.165, 1.54) is 55.9 Å². The Labute approximate surface area is 121 Å². The van der Waals surface area contributed by atoms with Gasteiger partial charge in [-0.05, 0) is 43.9 Å². The van der Waals surface area contributed by atoms with Crippen LogP contribution in [0.2, 0.25) is 0 Å². The van der Waals surface area contributed by atoms with E-state index in [2.05, 4.69) is 5.32 Å². The largest absolute Gasteiger partial charge is 0.378 e. The second-order valence-corrected chi connectivity index (χ2v) is 7.29. The van der Waals surface area contributed by atoms with Gasteiger partial charge in [-0.1, -0.05) is 24.6 Å². The van der Waals surface area contributed by atoms with Crippen molar-refractivity contribution in [3.05, 3.63) is 0 Å². The lowest BCUT2D eigenvalue weighted by Crippen LogP contribution is -2.35. The third-order valence-electron chi connectivity index (χ3n) is 4.75. The molecule has 0 bridgehead atoms. The summed E-state index contributed by atoms with van der Waals surface area (Å²) in [6.45, 7) is 3.04. The molecule has 1 saturated carbocycles. The number of nitrogens with one attached hydrogen (secondary N) is 1. The molecule has 19 heavy (non-hydrogen) atoms. The first-order valence-corrected chi connectivity index (χ1v) is 8.88. The molecule has 1 saturated heterocycles. The standard InChI is InChI=1S/C15H26N2OS/c1-4-10-18-13(5-1)6-9-16-14-17-11-15(12-19-14)7-2-3-8-15/h13H,1-12H2,(H,16,17). The molecule has 0 amide bonds. The van der Waals surface area contributed by atoms with Gasteiger partial charge < -0.3 is 10.1 Å². The lowest BCUT2D eigenvalue weighted by Gasteiger charge is -2.31. The topological polar surface area (TPSA) is 33.6 Å². The second-order valence-electron chi connectivity index (χ2n) is 6.32. The number of nitrogens with zero attached hydrogens (tertiary/aromatic N) is 1. The molecule has 1 spiro atoms. The lowest BCUT2D eigenvalue weighted by atomic mass is 9.89. The van der Waals surface area contributed by atoms with Gasteiger partial charge in [0.2, 0.25) is 0 Å². The van der Waals surface area contributed by atoms with Gasteiger partial charge in [-0.2, -0.15) is 0 Å². The Hall–Kier alpha value is -0.220. The fourth-order valence-electron chi connectivity index (χ4n) is 3.46. The van der Waals surface area contributed by atoms with Crippen molar-refractivity contribution in [1.29, 1.82) is 0 Å². The van der Waals surface area contributed by atoms with Crippen LogP contribution < -0.4 is 5.32 Å². The fourth-order valence-corrected chi connectivity index (χ4v) is 4.64. The summed E-state index contributed by atoms with van der Waals surface area (Å²) in [5, 5.41) is 4.68. The van der Waals surface area contributed by atoms with Crippen molar-refractivity contribution in [2.75, 3.05) is 25.4 Å². The Morgan fingerprint density at radius 3 is 2.84 bits per heavy atom. The Morgan fingerprint density at radius 2 is 2.16 bits per heavy atom. The molecule has 3 rings (SSSR count). The van der Waals surface area contributed by atoms with Crippen LogP contribution in [-0.4, -0.2) is 36.7 Å². The van der Waals surface area contributed by atoms with Gasteiger partial charge in [0.05, 0.1) is 6.10 Å². The van der Waals surface area contributed by atoms with Gasteiger partial charge in [0.15, 0.2) is 5.17 Å². The normalized spacial score (nSPS) is 30.3.